The minimum Gasteiger partial charge on any atom is -0.478 e. The van der Waals surface area contributed by atoms with E-state index in [1.807, 2.05) is 12.1 Å². The first-order valence-corrected chi connectivity index (χ1v) is 10.4. The summed E-state index contributed by atoms with van der Waals surface area (Å²) in [5.74, 6) is -0.590. The molecule has 3 N–H and O–H groups in total. The average molecular weight is 391 g/mol. The molecule has 1 aromatic rings. The summed E-state index contributed by atoms with van der Waals surface area (Å²) in [5.41, 5.74) is 8.07. The average Bonchev–Trinajstić information content (AvgIpc) is 2.65. The summed E-state index contributed by atoms with van der Waals surface area (Å²) in [6, 6.07) is 7.61. The number of hydrogen-bond donors (Lipinski definition) is 3. The standard InChI is InChI=1S/C22H34N2O4/c1-14(2)28-19-12-22(24-23-15(19)3)11-7-8-16(13-27-4)20(22)17-9-5-6-10-18(17)21(25)26/h5-6,9-10,14-16,19-20,23-24H,7-8,11-13H2,1-4H3,(H,25,26). The molecule has 1 aliphatic carbocycles. The van der Waals surface area contributed by atoms with Gasteiger partial charge in [-0.25, -0.2) is 4.79 Å². The van der Waals surface area contributed by atoms with E-state index < -0.39 is 5.97 Å². The molecular formula is C22H34N2O4. The van der Waals surface area contributed by atoms with Gasteiger partial charge in [0.15, 0.2) is 0 Å². The largest absolute Gasteiger partial charge is 0.478 e. The maximum absolute atomic E-state index is 12.0. The quantitative estimate of drug-likeness (QED) is 0.691. The summed E-state index contributed by atoms with van der Waals surface area (Å²) in [7, 11) is 1.72. The number of aromatic carboxylic acids is 1. The van der Waals surface area contributed by atoms with Crippen LogP contribution < -0.4 is 10.9 Å². The molecule has 0 radical (unpaired) electrons. The van der Waals surface area contributed by atoms with Gasteiger partial charge in [0.25, 0.3) is 0 Å². The maximum atomic E-state index is 12.0. The molecule has 3 rings (SSSR count). The number of ether oxygens (including phenoxy) is 2. The number of benzene rings is 1. The molecule has 28 heavy (non-hydrogen) atoms. The van der Waals surface area contributed by atoms with Crippen LogP contribution in [0.2, 0.25) is 0 Å². The molecule has 0 amide bonds. The molecule has 1 saturated carbocycles. The van der Waals surface area contributed by atoms with Crippen LogP contribution in [0.25, 0.3) is 0 Å². The molecule has 1 heterocycles. The molecule has 2 fully saturated rings. The lowest BCUT2D eigenvalue weighted by molar-refractivity contribution is -0.0770. The van der Waals surface area contributed by atoms with Crippen LogP contribution in [0.15, 0.2) is 24.3 Å². The van der Waals surface area contributed by atoms with E-state index in [9.17, 15) is 9.90 Å². The van der Waals surface area contributed by atoms with Gasteiger partial charge in [0, 0.05) is 31.2 Å². The second kappa shape index (κ2) is 8.91. The number of nitrogens with one attached hydrogen (secondary N) is 2. The van der Waals surface area contributed by atoms with E-state index in [4.69, 9.17) is 9.47 Å². The summed E-state index contributed by atoms with van der Waals surface area (Å²) in [6.45, 7) is 6.87. The van der Waals surface area contributed by atoms with Crippen LogP contribution in [0.3, 0.4) is 0 Å². The van der Waals surface area contributed by atoms with Gasteiger partial charge in [0.2, 0.25) is 0 Å². The third-order valence-electron chi connectivity index (χ3n) is 6.29. The van der Waals surface area contributed by atoms with Crippen molar-refractivity contribution in [1.29, 1.82) is 0 Å². The first kappa shape index (κ1) is 21.2. The number of carbonyl (C=O) groups is 1. The summed E-state index contributed by atoms with van der Waals surface area (Å²) < 4.78 is 11.8. The topological polar surface area (TPSA) is 79.8 Å². The normalized spacial score (nSPS) is 33.3. The highest BCUT2D eigenvalue weighted by Crippen LogP contribution is 2.49. The van der Waals surface area contributed by atoms with Crippen molar-refractivity contribution in [2.75, 3.05) is 13.7 Å². The Morgan fingerprint density at radius 3 is 2.79 bits per heavy atom. The van der Waals surface area contributed by atoms with Crippen molar-refractivity contribution in [2.24, 2.45) is 5.92 Å². The Bertz CT molecular complexity index is 678. The molecule has 5 unspecified atom stereocenters. The molecule has 6 heteroatoms. The van der Waals surface area contributed by atoms with Crippen molar-refractivity contribution in [3.05, 3.63) is 35.4 Å². The molecule has 1 spiro atoms. The molecule has 156 valence electrons. The highest BCUT2D eigenvalue weighted by Gasteiger charge is 2.51. The number of hydrazine groups is 1. The van der Waals surface area contributed by atoms with Crippen molar-refractivity contribution in [2.45, 2.75) is 76.2 Å². The molecule has 6 nitrogen and oxygen atoms in total. The zero-order valence-corrected chi connectivity index (χ0v) is 17.4. The predicted molar refractivity (Wildman–Crippen MR) is 108 cm³/mol. The molecule has 1 saturated heterocycles. The van der Waals surface area contributed by atoms with E-state index in [1.54, 1.807) is 19.2 Å². The van der Waals surface area contributed by atoms with Crippen LogP contribution in [-0.4, -0.2) is 48.6 Å². The van der Waals surface area contributed by atoms with Crippen LogP contribution in [0.5, 0.6) is 0 Å². The van der Waals surface area contributed by atoms with Gasteiger partial charge in [-0.1, -0.05) is 24.6 Å². The second-order valence-electron chi connectivity index (χ2n) is 8.62. The van der Waals surface area contributed by atoms with Gasteiger partial charge in [-0.3, -0.25) is 10.9 Å². The van der Waals surface area contributed by atoms with Crippen LogP contribution in [0.4, 0.5) is 0 Å². The first-order chi connectivity index (χ1) is 13.4. The van der Waals surface area contributed by atoms with E-state index in [-0.39, 0.29) is 35.6 Å². The summed E-state index contributed by atoms with van der Waals surface area (Å²) in [5, 5.41) is 9.82. The zero-order valence-electron chi connectivity index (χ0n) is 17.4. The molecule has 1 aliphatic heterocycles. The smallest absolute Gasteiger partial charge is 0.335 e. The fourth-order valence-electron chi connectivity index (χ4n) is 5.18. The molecule has 5 atom stereocenters. The van der Waals surface area contributed by atoms with Gasteiger partial charge in [-0.05, 0) is 57.6 Å². The molecule has 2 aliphatic rings. The highest BCUT2D eigenvalue weighted by atomic mass is 16.5. The minimum atomic E-state index is -0.875. The maximum Gasteiger partial charge on any atom is 0.335 e. The number of methoxy groups -OCH3 is 1. The SMILES string of the molecule is COCC1CCCC2(CC(OC(C)C)C(C)NN2)C1c1ccccc1C(=O)O. The van der Waals surface area contributed by atoms with Gasteiger partial charge < -0.3 is 14.6 Å². The Morgan fingerprint density at radius 1 is 1.36 bits per heavy atom. The van der Waals surface area contributed by atoms with Gasteiger partial charge >= 0.3 is 5.97 Å². The van der Waals surface area contributed by atoms with Crippen molar-refractivity contribution in [3.8, 4) is 0 Å². The Kier molecular flexibility index (Phi) is 6.76. The summed E-state index contributed by atoms with van der Waals surface area (Å²) in [6.07, 6.45) is 4.15. The molecule has 0 aromatic heterocycles. The van der Waals surface area contributed by atoms with Crippen LogP contribution in [0, 0.1) is 5.92 Å². The van der Waals surface area contributed by atoms with E-state index in [0.29, 0.717) is 12.2 Å². The lowest BCUT2D eigenvalue weighted by Crippen LogP contribution is -2.69. The Labute approximate surface area is 168 Å². The zero-order chi connectivity index (χ0) is 20.3. The summed E-state index contributed by atoms with van der Waals surface area (Å²) in [4.78, 5) is 12.0. The van der Waals surface area contributed by atoms with Crippen LogP contribution >= 0.6 is 0 Å². The fraction of sp³-hybridized carbons (Fsp3) is 0.682. The van der Waals surface area contributed by atoms with Gasteiger partial charge in [-0.2, -0.15) is 0 Å². The highest BCUT2D eigenvalue weighted by molar-refractivity contribution is 5.89. The number of hydrogen-bond acceptors (Lipinski definition) is 5. The predicted octanol–water partition coefficient (Wildman–Crippen LogP) is 3.33. The van der Waals surface area contributed by atoms with E-state index in [1.165, 1.54) is 0 Å². The molecular weight excluding hydrogens is 356 g/mol. The third-order valence-corrected chi connectivity index (χ3v) is 6.29. The van der Waals surface area contributed by atoms with E-state index in [0.717, 1.165) is 31.2 Å². The lowest BCUT2D eigenvalue weighted by atomic mass is 9.61. The van der Waals surface area contributed by atoms with Gasteiger partial charge in [0.1, 0.15) is 0 Å². The summed E-state index contributed by atoms with van der Waals surface area (Å²) >= 11 is 0. The Hall–Kier alpha value is -1.47. The molecule has 1 aromatic carbocycles. The van der Waals surface area contributed by atoms with Crippen molar-refractivity contribution >= 4 is 5.97 Å². The van der Waals surface area contributed by atoms with Crippen molar-refractivity contribution < 1.29 is 19.4 Å². The first-order valence-electron chi connectivity index (χ1n) is 10.4. The van der Waals surface area contributed by atoms with E-state index >= 15 is 0 Å². The monoisotopic (exact) mass is 390 g/mol. The third kappa shape index (κ3) is 4.25. The van der Waals surface area contributed by atoms with E-state index in [2.05, 4.69) is 31.6 Å². The van der Waals surface area contributed by atoms with Gasteiger partial charge in [-0.15, -0.1) is 0 Å². The van der Waals surface area contributed by atoms with Crippen molar-refractivity contribution in [1.82, 2.24) is 10.9 Å². The number of rotatable bonds is 6. The Morgan fingerprint density at radius 2 is 2.11 bits per heavy atom. The van der Waals surface area contributed by atoms with Crippen LogP contribution in [0.1, 0.15) is 68.3 Å². The Balaban J connectivity index is 2.04. The minimum absolute atomic E-state index is 0.0340. The fourth-order valence-corrected chi connectivity index (χ4v) is 5.18. The number of carboxylic acids is 1. The van der Waals surface area contributed by atoms with Gasteiger partial charge in [0.05, 0.1) is 17.8 Å². The van der Waals surface area contributed by atoms with Crippen molar-refractivity contribution in [3.63, 3.8) is 0 Å². The molecule has 0 bridgehead atoms. The van der Waals surface area contributed by atoms with Crippen LogP contribution in [-0.2, 0) is 9.47 Å². The number of carboxylic acid groups (broad SMARTS) is 1. The lowest BCUT2D eigenvalue weighted by Gasteiger charge is -2.54. The second-order valence-corrected chi connectivity index (χ2v) is 8.62.